The molecular formula is C17H18N6. The smallest absolute Gasteiger partial charge is 0.156 e. The first kappa shape index (κ1) is 12.2. The van der Waals surface area contributed by atoms with Gasteiger partial charge in [-0.3, -0.25) is 0 Å². The highest BCUT2D eigenvalue weighted by Gasteiger charge is 2.58. The zero-order valence-electron chi connectivity index (χ0n) is 13.3. The van der Waals surface area contributed by atoms with Gasteiger partial charge in [-0.1, -0.05) is 11.1 Å². The lowest BCUT2D eigenvalue weighted by Gasteiger charge is -2.57. The Bertz CT molecular complexity index is 839. The molecule has 4 aliphatic rings. The lowest BCUT2D eigenvalue weighted by molar-refractivity contribution is 0.0369. The van der Waals surface area contributed by atoms with Gasteiger partial charge >= 0.3 is 0 Å². The molecule has 0 N–H and O–H groups in total. The number of allylic oxidation sites excluding steroid dienone is 2. The molecule has 1 aliphatic carbocycles. The minimum atomic E-state index is 0.417. The maximum Gasteiger partial charge on any atom is 0.156 e. The molecule has 2 aromatic heterocycles. The Morgan fingerprint density at radius 3 is 1.74 bits per heavy atom. The maximum absolute atomic E-state index is 4.49. The molecule has 0 aromatic carbocycles. The lowest BCUT2D eigenvalue weighted by Crippen LogP contribution is -2.53. The zero-order valence-corrected chi connectivity index (χ0v) is 13.3. The third-order valence-corrected chi connectivity index (χ3v) is 6.22. The van der Waals surface area contributed by atoms with Crippen LogP contribution in [0.1, 0.15) is 55.6 Å². The van der Waals surface area contributed by atoms with Crippen LogP contribution in [-0.4, -0.2) is 29.5 Å². The van der Waals surface area contributed by atoms with E-state index in [2.05, 4.69) is 55.5 Å². The average molecular weight is 306 g/mol. The van der Waals surface area contributed by atoms with Crippen molar-refractivity contribution in [1.29, 1.82) is 0 Å². The quantitative estimate of drug-likeness (QED) is 0.749. The minimum absolute atomic E-state index is 0.417. The molecule has 116 valence electrons. The van der Waals surface area contributed by atoms with Gasteiger partial charge in [-0.2, -0.15) is 0 Å². The standard InChI is InChI=1S/C17H18N6/c1-8-6-12-20-18-10-4-3-5-11-19-21-13-7-9(2)15-14(8)16(22(10)12)17(15)23(11)13/h6-7,14-17H,3-5H2,1-2H3. The molecule has 0 radical (unpaired) electrons. The van der Waals surface area contributed by atoms with E-state index in [4.69, 9.17) is 0 Å². The number of nitrogens with zero attached hydrogens (tertiary/aromatic N) is 6. The third kappa shape index (κ3) is 1.28. The van der Waals surface area contributed by atoms with Crippen LogP contribution in [0.4, 0.5) is 0 Å². The molecule has 0 amide bonds. The van der Waals surface area contributed by atoms with Gasteiger partial charge in [0, 0.05) is 24.7 Å². The van der Waals surface area contributed by atoms with Crippen LogP contribution in [0.3, 0.4) is 0 Å². The fourth-order valence-electron chi connectivity index (χ4n) is 5.30. The van der Waals surface area contributed by atoms with E-state index in [0.29, 0.717) is 23.9 Å². The summed E-state index contributed by atoms with van der Waals surface area (Å²) in [6.07, 6.45) is 7.46. The van der Waals surface area contributed by atoms with Crippen molar-refractivity contribution in [2.24, 2.45) is 11.8 Å². The van der Waals surface area contributed by atoms with Crippen molar-refractivity contribution in [2.75, 3.05) is 0 Å². The molecule has 2 aromatic rings. The second-order valence-corrected chi connectivity index (χ2v) is 7.35. The lowest BCUT2D eigenvalue weighted by atomic mass is 9.57. The molecule has 5 heterocycles. The second-order valence-electron chi connectivity index (χ2n) is 7.35. The Morgan fingerprint density at radius 1 is 0.783 bits per heavy atom. The number of aryl methyl sites for hydroxylation is 2. The molecule has 1 saturated carbocycles. The maximum atomic E-state index is 4.49. The first-order valence-corrected chi connectivity index (χ1v) is 8.48. The van der Waals surface area contributed by atoms with Crippen LogP contribution in [-0.2, 0) is 12.8 Å². The first-order valence-electron chi connectivity index (χ1n) is 8.48. The normalized spacial score (nSPS) is 32.8. The SMILES string of the molecule is CC1=Cc2nnc3n2C2C1C1C(C)=Cc4nnc(n4C12)CCC3. The van der Waals surface area contributed by atoms with E-state index < -0.39 is 0 Å². The van der Waals surface area contributed by atoms with E-state index >= 15 is 0 Å². The molecule has 6 rings (SSSR count). The Hall–Kier alpha value is -2.24. The highest BCUT2D eigenvalue weighted by molar-refractivity contribution is 5.57. The van der Waals surface area contributed by atoms with Gasteiger partial charge in [0.25, 0.3) is 0 Å². The van der Waals surface area contributed by atoms with Crippen molar-refractivity contribution in [3.63, 3.8) is 0 Å². The summed E-state index contributed by atoms with van der Waals surface area (Å²) in [5, 5.41) is 17.9. The summed E-state index contributed by atoms with van der Waals surface area (Å²) in [5.74, 6) is 5.46. The van der Waals surface area contributed by atoms with Gasteiger partial charge in [-0.25, -0.2) is 0 Å². The van der Waals surface area contributed by atoms with Gasteiger partial charge in [-0.15, -0.1) is 20.4 Å². The van der Waals surface area contributed by atoms with E-state index in [1.54, 1.807) is 0 Å². The second kappa shape index (κ2) is 3.80. The number of hydrogen-bond donors (Lipinski definition) is 0. The van der Waals surface area contributed by atoms with Crippen LogP contribution >= 0.6 is 0 Å². The third-order valence-electron chi connectivity index (χ3n) is 6.22. The Labute approximate surface area is 133 Å². The summed E-state index contributed by atoms with van der Waals surface area (Å²) in [4.78, 5) is 0. The summed E-state index contributed by atoms with van der Waals surface area (Å²) in [6, 6.07) is 0.834. The molecule has 4 unspecified atom stereocenters. The molecule has 0 bridgehead atoms. The van der Waals surface area contributed by atoms with E-state index in [9.17, 15) is 0 Å². The molecule has 6 nitrogen and oxygen atoms in total. The number of fused-ring (bicyclic) bond motifs is 1. The zero-order chi connectivity index (χ0) is 15.3. The van der Waals surface area contributed by atoms with Crippen LogP contribution in [0.15, 0.2) is 11.1 Å². The molecule has 0 spiro atoms. The van der Waals surface area contributed by atoms with Gasteiger partial charge in [0.15, 0.2) is 11.6 Å². The highest BCUT2D eigenvalue weighted by Crippen LogP contribution is 2.62. The number of hydrogen-bond acceptors (Lipinski definition) is 4. The van der Waals surface area contributed by atoms with E-state index in [-0.39, 0.29) is 0 Å². The highest BCUT2D eigenvalue weighted by atomic mass is 15.4. The molecule has 23 heavy (non-hydrogen) atoms. The van der Waals surface area contributed by atoms with Gasteiger partial charge < -0.3 is 9.13 Å². The summed E-state index contributed by atoms with van der Waals surface area (Å²) < 4.78 is 4.83. The fourth-order valence-corrected chi connectivity index (χ4v) is 5.30. The van der Waals surface area contributed by atoms with Crippen LogP contribution in [0.5, 0.6) is 0 Å². The van der Waals surface area contributed by atoms with Crippen LogP contribution < -0.4 is 0 Å². The summed E-state index contributed by atoms with van der Waals surface area (Å²) in [6.45, 7) is 4.50. The average Bonchev–Trinajstić information content (AvgIpc) is 3.06. The van der Waals surface area contributed by atoms with Crippen molar-refractivity contribution in [2.45, 2.75) is 45.2 Å². The van der Waals surface area contributed by atoms with Crippen LogP contribution in [0, 0.1) is 11.8 Å². The van der Waals surface area contributed by atoms with Crippen LogP contribution in [0.2, 0.25) is 0 Å². The van der Waals surface area contributed by atoms with E-state index in [1.807, 2.05) is 0 Å². The van der Waals surface area contributed by atoms with Gasteiger partial charge in [0.05, 0.1) is 12.1 Å². The van der Waals surface area contributed by atoms with Crippen molar-refractivity contribution in [3.8, 4) is 0 Å². The van der Waals surface area contributed by atoms with Crippen molar-refractivity contribution < 1.29 is 0 Å². The Morgan fingerprint density at radius 2 is 1.26 bits per heavy atom. The molecule has 1 fully saturated rings. The monoisotopic (exact) mass is 306 g/mol. The molecule has 6 heteroatoms. The number of aromatic nitrogens is 6. The van der Waals surface area contributed by atoms with E-state index in [0.717, 1.165) is 42.6 Å². The van der Waals surface area contributed by atoms with Crippen molar-refractivity contribution in [3.05, 3.63) is 34.4 Å². The van der Waals surface area contributed by atoms with Gasteiger partial charge in [0.1, 0.15) is 11.6 Å². The van der Waals surface area contributed by atoms with Gasteiger partial charge in [-0.05, 0) is 32.4 Å². The predicted octanol–water partition coefficient (Wildman–Crippen LogP) is 2.22. The molecular weight excluding hydrogens is 288 g/mol. The number of rotatable bonds is 0. The van der Waals surface area contributed by atoms with Crippen molar-refractivity contribution in [1.82, 2.24) is 29.5 Å². The summed E-state index contributed by atoms with van der Waals surface area (Å²) >= 11 is 0. The largest absolute Gasteiger partial charge is 0.306 e. The summed E-state index contributed by atoms with van der Waals surface area (Å²) in [5.41, 5.74) is 2.88. The van der Waals surface area contributed by atoms with Crippen LogP contribution in [0.25, 0.3) is 12.2 Å². The Kier molecular flexibility index (Phi) is 2.02. The van der Waals surface area contributed by atoms with Gasteiger partial charge in [0.2, 0.25) is 0 Å². The molecule has 4 atom stereocenters. The first-order chi connectivity index (χ1) is 11.2. The fraction of sp³-hybridized carbons (Fsp3) is 0.529. The molecule has 3 aliphatic heterocycles. The predicted molar refractivity (Wildman–Crippen MR) is 84.4 cm³/mol. The van der Waals surface area contributed by atoms with Crippen molar-refractivity contribution >= 4 is 12.2 Å². The molecule has 0 saturated heterocycles. The Balaban J connectivity index is 1.67. The van der Waals surface area contributed by atoms with E-state index in [1.165, 1.54) is 11.1 Å². The minimum Gasteiger partial charge on any atom is -0.306 e. The summed E-state index contributed by atoms with van der Waals surface area (Å²) in [7, 11) is 0. The topological polar surface area (TPSA) is 61.4 Å².